The quantitative estimate of drug-likeness (QED) is 0.235. The largest absolute Gasteiger partial charge is 0.457 e. The lowest BCUT2D eigenvalue weighted by Gasteiger charge is -2.11. The van der Waals surface area contributed by atoms with Crippen LogP contribution in [0.3, 0.4) is 0 Å². The summed E-state index contributed by atoms with van der Waals surface area (Å²) < 4.78 is 9.52. The molecule has 8 nitrogen and oxygen atoms in total. The van der Waals surface area contributed by atoms with Gasteiger partial charge in [0.25, 0.3) is 0 Å². The zero-order valence-electron chi connectivity index (χ0n) is 6.85. The normalized spacial score (nSPS) is 45.6. The fourth-order valence-corrected chi connectivity index (χ4v) is 1.59. The SMILES string of the molecule is [N-]=[N+]=N[C@H]1C(O)O[C@H]2[C@@H]1OC(=O)[C@H]2O. The van der Waals surface area contributed by atoms with Crippen LogP contribution in [0.1, 0.15) is 0 Å². The molecule has 2 heterocycles. The van der Waals surface area contributed by atoms with Crippen molar-refractivity contribution >= 4 is 5.97 Å². The molecule has 0 saturated carbocycles. The summed E-state index contributed by atoms with van der Waals surface area (Å²) in [6.45, 7) is 0. The van der Waals surface area contributed by atoms with E-state index in [1.807, 2.05) is 0 Å². The van der Waals surface area contributed by atoms with E-state index in [1.165, 1.54) is 0 Å². The van der Waals surface area contributed by atoms with Gasteiger partial charge in [-0.1, -0.05) is 5.11 Å². The summed E-state index contributed by atoms with van der Waals surface area (Å²) in [5.74, 6) is -0.829. The molecule has 0 aromatic heterocycles. The third kappa shape index (κ3) is 1.13. The first-order valence-electron chi connectivity index (χ1n) is 3.91. The minimum absolute atomic E-state index is 0.829. The van der Waals surface area contributed by atoms with Crippen LogP contribution in [0.2, 0.25) is 0 Å². The van der Waals surface area contributed by atoms with Gasteiger partial charge in [0.15, 0.2) is 12.4 Å². The third-order valence-corrected chi connectivity index (χ3v) is 2.24. The molecule has 0 radical (unpaired) electrons. The first-order chi connectivity index (χ1) is 6.65. The minimum Gasteiger partial charge on any atom is -0.457 e. The number of esters is 1. The van der Waals surface area contributed by atoms with E-state index >= 15 is 0 Å². The molecule has 2 saturated heterocycles. The van der Waals surface area contributed by atoms with Crippen molar-refractivity contribution in [1.82, 2.24) is 0 Å². The van der Waals surface area contributed by atoms with Gasteiger partial charge >= 0.3 is 5.97 Å². The summed E-state index contributed by atoms with van der Waals surface area (Å²) in [6, 6.07) is -0.994. The van der Waals surface area contributed by atoms with Gasteiger partial charge in [0.05, 0.1) is 0 Å². The maximum atomic E-state index is 10.9. The molecule has 76 valence electrons. The summed E-state index contributed by atoms with van der Waals surface area (Å²) in [4.78, 5) is 13.4. The molecule has 0 aliphatic carbocycles. The first-order valence-corrected chi connectivity index (χ1v) is 3.91. The van der Waals surface area contributed by atoms with Crippen molar-refractivity contribution in [2.24, 2.45) is 5.11 Å². The first kappa shape index (κ1) is 9.22. The van der Waals surface area contributed by atoms with Gasteiger partial charge in [-0.25, -0.2) is 4.79 Å². The summed E-state index contributed by atoms with van der Waals surface area (Å²) >= 11 is 0. The molecule has 2 N–H and O–H groups in total. The highest BCUT2D eigenvalue weighted by atomic mass is 16.7. The number of aliphatic hydroxyl groups excluding tert-OH is 2. The monoisotopic (exact) mass is 201 g/mol. The predicted octanol–water partition coefficient (Wildman–Crippen LogP) is -1.33. The number of aliphatic hydroxyl groups is 2. The molecule has 2 aliphatic heterocycles. The smallest absolute Gasteiger partial charge is 0.338 e. The molecule has 2 fully saturated rings. The van der Waals surface area contributed by atoms with Gasteiger partial charge in [0.2, 0.25) is 0 Å². The Bertz CT molecular complexity index is 315. The van der Waals surface area contributed by atoms with Gasteiger partial charge in [-0.2, -0.15) is 0 Å². The van der Waals surface area contributed by atoms with Crippen molar-refractivity contribution in [3.63, 3.8) is 0 Å². The Morgan fingerprint density at radius 3 is 2.79 bits per heavy atom. The Kier molecular flexibility index (Phi) is 2.05. The molecule has 2 aliphatic rings. The molecule has 2 rings (SSSR count). The lowest BCUT2D eigenvalue weighted by Crippen LogP contribution is -2.31. The summed E-state index contributed by atoms with van der Waals surface area (Å²) in [5, 5.41) is 21.7. The second-order valence-electron chi connectivity index (χ2n) is 3.03. The molecule has 5 atom stereocenters. The molecule has 8 heteroatoms. The van der Waals surface area contributed by atoms with Crippen molar-refractivity contribution in [3.05, 3.63) is 10.4 Å². The Labute approximate surface area is 77.7 Å². The van der Waals surface area contributed by atoms with E-state index in [4.69, 9.17) is 15.0 Å². The maximum Gasteiger partial charge on any atom is 0.338 e. The number of hydrogen-bond acceptors (Lipinski definition) is 6. The molecule has 0 spiro atoms. The van der Waals surface area contributed by atoms with Crippen molar-refractivity contribution in [3.8, 4) is 0 Å². The van der Waals surface area contributed by atoms with Gasteiger partial charge in [-0.05, 0) is 5.53 Å². The third-order valence-electron chi connectivity index (χ3n) is 2.24. The predicted molar refractivity (Wildman–Crippen MR) is 39.7 cm³/mol. The van der Waals surface area contributed by atoms with E-state index in [0.717, 1.165) is 0 Å². The van der Waals surface area contributed by atoms with Crippen LogP contribution in [0.4, 0.5) is 0 Å². The second-order valence-corrected chi connectivity index (χ2v) is 3.03. The van der Waals surface area contributed by atoms with Crippen LogP contribution >= 0.6 is 0 Å². The number of hydrogen-bond donors (Lipinski definition) is 2. The van der Waals surface area contributed by atoms with E-state index in [9.17, 15) is 15.0 Å². The maximum absolute atomic E-state index is 10.9. The van der Waals surface area contributed by atoms with Crippen molar-refractivity contribution in [1.29, 1.82) is 0 Å². The van der Waals surface area contributed by atoms with Gasteiger partial charge < -0.3 is 19.7 Å². The highest BCUT2D eigenvalue weighted by Crippen LogP contribution is 2.32. The van der Waals surface area contributed by atoms with Crippen LogP contribution in [-0.4, -0.2) is 46.8 Å². The van der Waals surface area contributed by atoms with E-state index < -0.39 is 36.6 Å². The molecule has 1 unspecified atom stereocenters. The lowest BCUT2D eigenvalue weighted by atomic mass is 10.1. The summed E-state index contributed by atoms with van der Waals surface area (Å²) in [7, 11) is 0. The van der Waals surface area contributed by atoms with Gasteiger partial charge in [-0.15, -0.1) is 0 Å². The van der Waals surface area contributed by atoms with Crippen LogP contribution in [0.25, 0.3) is 10.4 Å². The van der Waals surface area contributed by atoms with Crippen LogP contribution < -0.4 is 0 Å². The fourth-order valence-electron chi connectivity index (χ4n) is 1.59. The van der Waals surface area contributed by atoms with Gasteiger partial charge in [-0.3, -0.25) is 0 Å². The van der Waals surface area contributed by atoms with Gasteiger partial charge in [0, 0.05) is 4.91 Å². The zero-order valence-corrected chi connectivity index (χ0v) is 6.85. The standard InChI is InChI=1S/C6H7N3O5/c7-9-8-1-3-4(14-5(1)11)2(10)6(12)13-3/h1-5,10-11H/t1-,2+,3-,4-,5?/m1/s1. The molecule has 0 aromatic rings. The van der Waals surface area contributed by atoms with Crippen molar-refractivity contribution < 1.29 is 24.5 Å². The van der Waals surface area contributed by atoms with Crippen LogP contribution in [-0.2, 0) is 14.3 Å². The van der Waals surface area contributed by atoms with E-state index in [-0.39, 0.29) is 0 Å². The molecular weight excluding hydrogens is 194 g/mol. The second kappa shape index (κ2) is 3.10. The number of azide groups is 1. The Morgan fingerprint density at radius 2 is 2.14 bits per heavy atom. The number of ether oxygens (including phenoxy) is 2. The fraction of sp³-hybridized carbons (Fsp3) is 0.833. The number of nitrogens with zero attached hydrogens (tertiary/aromatic N) is 3. The van der Waals surface area contributed by atoms with E-state index in [0.29, 0.717) is 0 Å². The summed E-state index contributed by atoms with van der Waals surface area (Å²) in [5.41, 5.74) is 8.18. The Morgan fingerprint density at radius 1 is 1.43 bits per heavy atom. The number of carbonyl (C=O) groups is 1. The van der Waals surface area contributed by atoms with Crippen LogP contribution in [0.5, 0.6) is 0 Å². The minimum atomic E-state index is -1.42. The molecule has 0 aromatic carbocycles. The highest BCUT2D eigenvalue weighted by Gasteiger charge is 2.56. The number of rotatable bonds is 1. The van der Waals surface area contributed by atoms with Crippen molar-refractivity contribution in [2.45, 2.75) is 30.6 Å². The van der Waals surface area contributed by atoms with Crippen LogP contribution in [0, 0.1) is 0 Å². The lowest BCUT2D eigenvalue weighted by molar-refractivity contribution is -0.155. The molecule has 0 bridgehead atoms. The van der Waals surface area contributed by atoms with E-state index in [2.05, 4.69) is 10.0 Å². The molecular formula is C6H7N3O5. The highest BCUT2D eigenvalue weighted by molar-refractivity contribution is 5.78. The Hall–Kier alpha value is -1.34. The molecule has 14 heavy (non-hydrogen) atoms. The summed E-state index contributed by atoms with van der Waals surface area (Å²) in [6.07, 6.45) is -4.62. The van der Waals surface area contributed by atoms with Crippen LogP contribution in [0.15, 0.2) is 5.11 Å². The number of carbonyl (C=O) groups excluding carboxylic acids is 1. The average Bonchev–Trinajstić information content (AvgIpc) is 2.57. The molecule has 0 amide bonds. The average molecular weight is 201 g/mol. The Balaban J connectivity index is 2.23. The topological polar surface area (TPSA) is 125 Å². The van der Waals surface area contributed by atoms with Crippen molar-refractivity contribution in [2.75, 3.05) is 0 Å². The van der Waals surface area contributed by atoms with E-state index in [1.54, 1.807) is 0 Å². The van der Waals surface area contributed by atoms with Gasteiger partial charge in [0.1, 0.15) is 18.2 Å². The zero-order chi connectivity index (χ0) is 10.3. The number of fused-ring (bicyclic) bond motifs is 1.